The lowest BCUT2D eigenvalue weighted by atomic mass is 10.1. The van der Waals surface area contributed by atoms with Crippen molar-refractivity contribution in [1.29, 1.82) is 0 Å². The zero-order valence-corrected chi connectivity index (χ0v) is 20.3. The van der Waals surface area contributed by atoms with Crippen LogP contribution >= 0.6 is 0 Å². The maximum atomic E-state index is 13.5. The summed E-state index contributed by atoms with van der Waals surface area (Å²) in [5, 5.41) is 0. The largest absolute Gasteiger partial charge is 0.497 e. The molecule has 3 heterocycles. The van der Waals surface area contributed by atoms with Gasteiger partial charge in [0.25, 0.3) is 0 Å². The molecule has 2 aliphatic rings. The van der Waals surface area contributed by atoms with Crippen LogP contribution in [0.3, 0.4) is 0 Å². The van der Waals surface area contributed by atoms with Crippen molar-refractivity contribution < 1.29 is 13.2 Å². The maximum absolute atomic E-state index is 13.5. The molecule has 178 valence electrons. The molecule has 1 fully saturated rings. The minimum atomic E-state index is -3.68. The van der Waals surface area contributed by atoms with Gasteiger partial charge in [-0.25, -0.2) is 18.4 Å². The molecular formula is C26H30N4O3S. The molecule has 2 aliphatic heterocycles. The fourth-order valence-corrected chi connectivity index (χ4v) is 6.19. The highest BCUT2D eigenvalue weighted by Crippen LogP contribution is 2.33. The number of fused-ring (bicyclic) bond motifs is 1. The molecule has 0 atom stereocenters. The number of aromatic nitrogens is 2. The average Bonchev–Trinajstić information content (AvgIpc) is 3.18. The predicted molar refractivity (Wildman–Crippen MR) is 132 cm³/mol. The fourth-order valence-electron chi connectivity index (χ4n) is 4.75. The van der Waals surface area contributed by atoms with Gasteiger partial charge in [-0.05, 0) is 25.0 Å². The van der Waals surface area contributed by atoms with E-state index < -0.39 is 10.0 Å². The Balaban J connectivity index is 1.55. The molecule has 0 spiro atoms. The van der Waals surface area contributed by atoms with Crippen LogP contribution in [0.15, 0.2) is 59.5 Å². The molecular weight excluding hydrogens is 448 g/mol. The summed E-state index contributed by atoms with van der Waals surface area (Å²) in [6.07, 6.45) is 5.22. The SMILES string of the molecule is COc1cccc(S(=O)(=O)N2CCc3nc(-c4ccccc4)nc(N4CCCCCC4)c3C2)c1. The molecule has 0 radical (unpaired) electrons. The van der Waals surface area contributed by atoms with Gasteiger partial charge in [0.1, 0.15) is 11.6 Å². The third-order valence-corrected chi connectivity index (χ3v) is 8.46. The number of methoxy groups -OCH3 is 1. The van der Waals surface area contributed by atoms with E-state index in [4.69, 9.17) is 14.7 Å². The third kappa shape index (κ3) is 4.52. The van der Waals surface area contributed by atoms with Gasteiger partial charge in [0.2, 0.25) is 10.0 Å². The number of sulfonamides is 1. The van der Waals surface area contributed by atoms with Crippen molar-refractivity contribution >= 4 is 15.8 Å². The summed E-state index contributed by atoms with van der Waals surface area (Å²) < 4.78 is 33.8. The van der Waals surface area contributed by atoms with Gasteiger partial charge in [-0.3, -0.25) is 0 Å². The average molecular weight is 479 g/mol. The number of ether oxygens (including phenoxy) is 1. The highest BCUT2D eigenvalue weighted by molar-refractivity contribution is 7.89. The lowest BCUT2D eigenvalue weighted by Crippen LogP contribution is -2.38. The molecule has 0 amide bonds. The minimum absolute atomic E-state index is 0.244. The van der Waals surface area contributed by atoms with E-state index in [0.717, 1.165) is 48.6 Å². The molecule has 0 bridgehead atoms. The van der Waals surface area contributed by atoms with E-state index >= 15 is 0 Å². The Bertz CT molecular complexity index is 1260. The van der Waals surface area contributed by atoms with E-state index in [9.17, 15) is 8.42 Å². The molecule has 34 heavy (non-hydrogen) atoms. The summed E-state index contributed by atoms with van der Waals surface area (Å²) in [5.41, 5.74) is 2.86. The van der Waals surface area contributed by atoms with Crippen LogP contribution in [-0.4, -0.2) is 49.4 Å². The van der Waals surface area contributed by atoms with Gasteiger partial charge < -0.3 is 9.64 Å². The molecule has 8 heteroatoms. The van der Waals surface area contributed by atoms with Gasteiger partial charge in [0.15, 0.2) is 5.82 Å². The Morgan fingerprint density at radius 1 is 0.882 bits per heavy atom. The molecule has 7 nitrogen and oxygen atoms in total. The van der Waals surface area contributed by atoms with Crippen molar-refractivity contribution in [2.45, 2.75) is 43.5 Å². The summed E-state index contributed by atoms with van der Waals surface area (Å²) in [5.74, 6) is 2.12. The Kier molecular flexibility index (Phi) is 6.52. The summed E-state index contributed by atoms with van der Waals surface area (Å²) in [6, 6.07) is 16.7. The second-order valence-electron chi connectivity index (χ2n) is 8.83. The number of rotatable bonds is 5. The van der Waals surface area contributed by atoms with Crippen LogP contribution in [0.2, 0.25) is 0 Å². The molecule has 1 saturated heterocycles. The first-order chi connectivity index (χ1) is 16.6. The number of benzene rings is 2. The Morgan fingerprint density at radius 2 is 1.65 bits per heavy atom. The van der Waals surface area contributed by atoms with E-state index in [1.54, 1.807) is 28.6 Å². The van der Waals surface area contributed by atoms with Gasteiger partial charge in [-0.1, -0.05) is 49.2 Å². The molecule has 0 saturated carbocycles. The zero-order chi connectivity index (χ0) is 23.5. The van der Waals surface area contributed by atoms with Crippen LogP contribution in [0, 0.1) is 0 Å². The molecule has 0 N–H and O–H groups in total. The highest BCUT2D eigenvalue weighted by atomic mass is 32.2. The standard InChI is InChI=1S/C26H30N4O3S/c1-33-21-12-9-13-22(18-21)34(31,32)30-17-14-24-23(19-30)26(29-15-7-2-3-8-16-29)28-25(27-24)20-10-5-4-6-11-20/h4-6,9-13,18H,2-3,7-8,14-17,19H2,1H3. The second kappa shape index (κ2) is 9.72. The van der Waals surface area contributed by atoms with Crippen LogP contribution in [0.25, 0.3) is 11.4 Å². The lowest BCUT2D eigenvalue weighted by molar-refractivity contribution is 0.385. The van der Waals surface area contributed by atoms with Crippen LogP contribution in [0.5, 0.6) is 5.75 Å². The molecule has 0 aliphatic carbocycles. The van der Waals surface area contributed by atoms with Crippen molar-refractivity contribution in [3.8, 4) is 17.1 Å². The predicted octanol–water partition coefficient (Wildman–Crippen LogP) is 4.28. The van der Waals surface area contributed by atoms with E-state index in [1.165, 1.54) is 20.0 Å². The van der Waals surface area contributed by atoms with Gasteiger partial charge in [0, 0.05) is 49.8 Å². The van der Waals surface area contributed by atoms with Crippen LogP contribution in [0.4, 0.5) is 5.82 Å². The highest BCUT2D eigenvalue weighted by Gasteiger charge is 2.33. The van der Waals surface area contributed by atoms with Crippen molar-refractivity contribution in [3.05, 3.63) is 65.9 Å². The Morgan fingerprint density at radius 3 is 2.38 bits per heavy atom. The van der Waals surface area contributed by atoms with Gasteiger partial charge in [0.05, 0.1) is 17.7 Å². The Labute approximate surface area is 201 Å². The number of nitrogens with zero attached hydrogens (tertiary/aromatic N) is 4. The maximum Gasteiger partial charge on any atom is 0.243 e. The number of hydrogen-bond acceptors (Lipinski definition) is 6. The molecule has 0 unspecified atom stereocenters. The molecule has 2 aromatic carbocycles. The quantitative estimate of drug-likeness (QED) is 0.545. The topological polar surface area (TPSA) is 75.6 Å². The summed E-state index contributed by atoms with van der Waals surface area (Å²) >= 11 is 0. The first-order valence-corrected chi connectivity index (χ1v) is 13.3. The molecule has 1 aromatic heterocycles. The number of hydrogen-bond donors (Lipinski definition) is 0. The van der Waals surface area contributed by atoms with Crippen molar-refractivity contribution in [2.24, 2.45) is 0 Å². The van der Waals surface area contributed by atoms with Crippen molar-refractivity contribution in [2.75, 3.05) is 31.6 Å². The first-order valence-electron chi connectivity index (χ1n) is 11.9. The van der Waals surface area contributed by atoms with Crippen LogP contribution < -0.4 is 9.64 Å². The van der Waals surface area contributed by atoms with E-state index in [1.807, 2.05) is 30.3 Å². The van der Waals surface area contributed by atoms with E-state index in [0.29, 0.717) is 24.5 Å². The molecule has 3 aromatic rings. The normalized spacial score (nSPS) is 17.1. The van der Waals surface area contributed by atoms with Crippen molar-refractivity contribution in [3.63, 3.8) is 0 Å². The molecule has 5 rings (SSSR count). The van der Waals surface area contributed by atoms with E-state index in [-0.39, 0.29) is 11.4 Å². The van der Waals surface area contributed by atoms with Crippen LogP contribution in [-0.2, 0) is 23.0 Å². The third-order valence-electron chi connectivity index (χ3n) is 6.62. The van der Waals surface area contributed by atoms with Gasteiger partial charge in [-0.2, -0.15) is 4.31 Å². The van der Waals surface area contributed by atoms with E-state index in [2.05, 4.69) is 4.90 Å². The van der Waals surface area contributed by atoms with Crippen LogP contribution in [0.1, 0.15) is 36.9 Å². The summed E-state index contributed by atoms with van der Waals surface area (Å²) in [4.78, 5) is 12.5. The lowest BCUT2D eigenvalue weighted by Gasteiger charge is -2.32. The fraction of sp³-hybridized carbons (Fsp3) is 0.385. The number of anilines is 1. The summed E-state index contributed by atoms with van der Waals surface area (Å²) in [7, 11) is -2.14. The van der Waals surface area contributed by atoms with Gasteiger partial charge in [-0.15, -0.1) is 0 Å². The summed E-state index contributed by atoms with van der Waals surface area (Å²) in [6.45, 7) is 2.52. The second-order valence-corrected chi connectivity index (χ2v) is 10.8. The monoisotopic (exact) mass is 478 g/mol. The smallest absolute Gasteiger partial charge is 0.243 e. The Hall–Kier alpha value is -2.97. The minimum Gasteiger partial charge on any atom is -0.497 e. The van der Waals surface area contributed by atoms with Crippen molar-refractivity contribution in [1.82, 2.24) is 14.3 Å². The van der Waals surface area contributed by atoms with Gasteiger partial charge >= 0.3 is 0 Å². The first kappa shape index (κ1) is 22.8. The zero-order valence-electron chi connectivity index (χ0n) is 19.5.